The maximum Gasteiger partial charge on any atom is 0.328 e. The van der Waals surface area contributed by atoms with Gasteiger partial charge in [-0.3, -0.25) is 14.4 Å². The van der Waals surface area contributed by atoms with Crippen molar-refractivity contribution in [1.29, 1.82) is 0 Å². The molecule has 1 atom stereocenters. The number of rotatable bonds is 8. The Kier molecular flexibility index (Phi) is 6.83. The largest absolute Gasteiger partial charge is 0.454 e. The Morgan fingerprint density at radius 3 is 2.53 bits per heavy atom. The highest BCUT2D eigenvalue weighted by Crippen LogP contribution is 2.18. The van der Waals surface area contributed by atoms with Crippen LogP contribution in [0.15, 0.2) is 60.9 Å². The van der Waals surface area contributed by atoms with E-state index in [0.29, 0.717) is 11.3 Å². The molecule has 0 saturated carbocycles. The number of hydrogen-bond donors (Lipinski definition) is 2. The Morgan fingerprint density at radius 2 is 1.80 bits per heavy atom. The van der Waals surface area contributed by atoms with E-state index in [1.807, 2.05) is 37.3 Å². The normalized spacial score (nSPS) is 11.4. The number of ether oxygens (including phenoxy) is 1. The van der Waals surface area contributed by atoms with Crippen molar-refractivity contribution in [2.24, 2.45) is 0 Å². The van der Waals surface area contributed by atoms with E-state index >= 15 is 0 Å². The summed E-state index contributed by atoms with van der Waals surface area (Å²) in [6, 6.07) is 15.9. The Bertz CT molecular complexity index is 1010. The molecule has 1 heterocycles. The summed E-state index contributed by atoms with van der Waals surface area (Å²) in [5, 5.41) is 15.8. The van der Waals surface area contributed by atoms with Gasteiger partial charge in [0.05, 0.1) is 17.3 Å². The lowest BCUT2D eigenvalue weighted by Gasteiger charge is -2.16. The third-order valence-corrected chi connectivity index (χ3v) is 4.14. The highest BCUT2D eigenvalue weighted by Gasteiger charge is 2.17. The number of carbonyl (C=O) groups excluding carboxylic acids is 3. The van der Waals surface area contributed by atoms with Crippen LogP contribution in [0.3, 0.4) is 0 Å². The molecule has 2 N–H and O–H groups in total. The van der Waals surface area contributed by atoms with Gasteiger partial charge in [-0.1, -0.05) is 42.5 Å². The van der Waals surface area contributed by atoms with E-state index in [2.05, 4.69) is 26.2 Å². The standard InChI is InChI=1S/C20H20N6O4/c1-14(15-7-3-2-4-8-15)22-20(29)16-9-5-6-10-17(16)23-18(27)12-30-19(28)11-26-13-21-24-25-26/h2-10,13-14H,11-12H2,1H3,(H,22,29)(H,23,27)/t14-/m0/s1. The van der Waals surface area contributed by atoms with Gasteiger partial charge < -0.3 is 15.4 Å². The molecular weight excluding hydrogens is 388 g/mol. The molecule has 0 aliphatic carbocycles. The molecule has 1 aromatic heterocycles. The number of amides is 2. The van der Waals surface area contributed by atoms with Gasteiger partial charge in [0, 0.05) is 0 Å². The molecule has 0 saturated heterocycles. The number of carbonyl (C=O) groups is 3. The van der Waals surface area contributed by atoms with E-state index in [0.717, 1.165) is 5.56 Å². The van der Waals surface area contributed by atoms with Gasteiger partial charge in [-0.05, 0) is 35.0 Å². The maximum absolute atomic E-state index is 12.7. The minimum atomic E-state index is -0.667. The van der Waals surface area contributed by atoms with Gasteiger partial charge in [0.15, 0.2) is 6.61 Å². The molecule has 2 aromatic carbocycles. The van der Waals surface area contributed by atoms with Crippen molar-refractivity contribution < 1.29 is 19.1 Å². The molecule has 0 fully saturated rings. The van der Waals surface area contributed by atoms with Gasteiger partial charge in [-0.2, -0.15) is 0 Å². The summed E-state index contributed by atoms with van der Waals surface area (Å²) in [6.07, 6.45) is 1.26. The lowest BCUT2D eigenvalue weighted by atomic mass is 10.1. The van der Waals surface area contributed by atoms with Gasteiger partial charge in [0.1, 0.15) is 12.9 Å². The first-order chi connectivity index (χ1) is 14.5. The molecule has 10 heteroatoms. The Morgan fingerprint density at radius 1 is 1.07 bits per heavy atom. The molecule has 30 heavy (non-hydrogen) atoms. The third-order valence-electron chi connectivity index (χ3n) is 4.14. The van der Waals surface area contributed by atoms with Crippen molar-refractivity contribution in [3.05, 3.63) is 72.1 Å². The van der Waals surface area contributed by atoms with Crippen LogP contribution in [0.2, 0.25) is 0 Å². The lowest BCUT2D eigenvalue weighted by molar-refractivity contribution is -0.148. The van der Waals surface area contributed by atoms with Crippen molar-refractivity contribution in [1.82, 2.24) is 25.5 Å². The molecular formula is C20H20N6O4. The zero-order valence-electron chi connectivity index (χ0n) is 16.2. The highest BCUT2D eigenvalue weighted by atomic mass is 16.5. The summed E-state index contributed by atoms with van der Waals surface area (Å²) < 4.78 is 6.08. The van der Waals surface area contributed by atoms with Gasteiger partial charge in [0.2, 0.25) is 0 Å². The van der Waals surface area contributed by atoms with Crippen LogP contribution >= 0.6 is 0 Å². The second kappa shape index (κ2) is 9.92. The first-order valence-electron chi connectivity index (χ1n) is 9.14. The second-order valence-corrected chi connectivity index (χ2v) is 6.37. The molecule has 10 nitrogen and oxygen atoms in total. The van der Waals surface area contributed by atoms with Gasteiger partial charge >= 0.3 is 5.97 Å². The van der Waals surface area contributed by atoms with Crippen LogP contribution in [0.25, 0.3) is 0 Å². The number of para-hydroxylation sites is 1. The molecule has 0 bridgehead atoms. The van der Waals surface area contributed by atoms with Gasteiger partial charge in [-0.25, -0.2) is 4.68 Å². The summed E-state index contributed by atoms with van der Waals surface area (Å²) in [5.74, 6) is -1.57. The average molecular weight is 408 g/mol. The molecule has 0 aliphatic heterocycles. The molecule has 3 aromatic rings. The predicted molar refractivity (Wildman–Crippen MR) is 106 cm³/mol. The zero-order chi connectivity index (χ0) is 21.3. The Labute approximate surface area is 172 Å². The van der Waals surface area contributed by atoms with E-state index in [-0.39, 0.29) is 18.5 Å². The third kappa shape index (κ3) is 5.71. The average Bonchev–Trinajstić information content (AvgIpc) is 3.26. The van der Waals surface area contributed by atoms with E-state index in [1.54, 1.807) is 24.3 Å². The number of esters is 1. The highest BCUT2D eigenvalue weighted by molar-refractivity contribution is 6.04. The van der Waals surface area contributed by atoms with Crippen LogP contribution < -0.4 is 10.6 Å². The lowest BCUT2D eigenvalue weighted by Crippen LogP contribution is -2.29. The van der Waals surface area contributed by atoms with Crippen molar-refractivity contribution in [2.45, 2.75) is 19.5 Å². The molecule has 154 valence electrons. The number of nitrogens with one attached hydrogen (secondary N) is 2. The van der Waals surface area contributed by atoms with Crippen molar-refractivity contribution >= 4 is 23.5 Å². The first-order valence-corrected chi connectivity index (χ1v) is 9.14. The smallest absolute Gasteiger partial charge is 0.328 e. The number of nitrogens with zero attached hydrogens (tertiary/aromatic N) is 4. The van der Waals surface area contributed by atoms with Crippen LogP contribution in [0, 0.1) is 0 Å². The molecule has 0 spiro atoms. The summed E-state index contributed by atoms with van der Waals surface area (Å²) in [7, 11) is 0. The summed E-state index contributed by atoms with van der Waals surface area (Å²) in [4.78, 5) is 36.6. The minimum absolute atomic E-state index is 0.212. The number of tetrazole rings is 1. The molecule has 3 rings (SSSR count). The topological polar surface area (TPSA) is 128 Å². The van der Waals surface area contributed by atoms with Crippen LogP contribution in [0.5, 0.6) is 0 Å². The fraction of sp³-hybridized carbons (Fsp3) is 0.200. The van der Waals surface area contributed by atoms with E-state index in [1.165, 1.54) is 11.0 Å². The predicted octanol–water partition coefficient (Wildman–Crippen LogP) is 1.35. The zero-order valence-corrected chi connectivity index (χ0v) is 16.2. The fourth-order valence-corrected chi connectivity index (χ4v) is 2.65. The van der Waals surface area contributed by atoms with Gasteiger partial charge in [0.25, 0.3) is 11.8 Å². The van der Waals surface area contributed by atoms with Crippen LogP contribution in [0.1, 0.15) is 28.9 Å². The molecule has 0 unspecified atom stereocenters. The molecule has 2 amide bonds. The quantitative estimate of drug-likeness (QED) is 0.538. The summed E-state index contributed by atoms with van der Waals surface area (Å²) in [6.45, 7) is 1.16. The van der Waals surface area contributed by atoms with Gasteiger partial charge in [-0.15, -0.1) is 5.10 Å². The van der Waals surface area contributed by atoms with Crippen molar-refractivity contribution in [2.75, 3.05) is 11.9 Å². The maximum atomic E-state index is 12.7. The van der Waals surface area contributed by atoms with Crippen LogP contribution in [0.4, 0.5) is 5.69 Å². The Hall–Kier alpha value is -4.08. The molecule has 0 aliphatic rings. The van der Waals surface area contributed by atoms with E-state index in [9.17, 15) is 14.4 Å². The van der Waals surface area contributed by atoms with E-state index < -0.39 is 18.5 Å². The fourth-order valence-electron chi connectivity index (χ4n) is 2.65. The van der Waals surface area contributed by atoms with E-state index in [4.69, 9.17) is 4.74 Å². The number of hydrogen-bond acceptors (Lipinski definition) is 7. The summed E-state index contributed by atoms with van der Waals surface area (Å²) in [5.41, 5.74) is 1.58. The number of benzene rings is 2. The van der Waals surface area contributed by atoms with Crippen molar-refractivity contribution in [3.63, 3.8) is 0 Å². The molecule has 0 radical (unpaired) electrons. The number of aromatic nitrogens is 4. The number of anilines is 1. The summed E-state index contributed by atoms with van der Waals surface area (Å²) >= 11 is 0. The Balaban J connectivity index is 1.57. The van der Waals surface area contributed by atoms with Crippen molar-refractivity contribution in [3.8, 4) is 0 Å². The van der Waals surface area contributed by atoms with Crippen LogP contribution in [-0.2, 0) is 20.9 Å². The second-order valence-electron chi connectivity index (χ2n) is 6.37. The SMILES string of the molecule is C[C@H](NC(=O)c1ccccc1NC(=O)COC(=O)Cn1cnnn1)c1ccccc1. The monoisotopic (exact) mass is 408 g/mol. The first kappa shape index (κ1) is 20.6. The minimum Gasteiger partial charge on any atom is -0.454 e. The van der Waals surface area contributed by atoms with Crippen LogP contribution in [-0.4, -0.2) is 44.6 Å².